The Morgan fingerprint density at radius 2 is 1.87 bits per heavy atom. The predicted octanol–water partition coefficient (Wildman–Crippen LogP) is 2.78. The number of nitrogens with zero attached hydrogens (tertiary/aromatic N) is 3. The van der Waals surface area contributed by atoms with Crippen LogP contribution in [0.3, 0.4) is 0 Å². The van der Waals surface area contributed by atoms with Crippen LogP contribution in [-0.4, -0.2) is 54.4 Å². The molecule has 0 radical (unpaired) electrons. The Kier molecular flexibility index (Phi) is 5.20. The fraction of sp³-hybridized carbons (Fsp3) is 0.353. The molecule has 4 rings (SSSR count). The largest absolute Gasteiger partial charge is 0.492 e. The molecule has 2 N–H and O–H groups in total. The van der Waals surface area contributed by atoms with Crippen LogP contribution in [-0.2, 0) is 4.74 Å². The van der Waals surface area contributed by atoms with E-state index >= 15 is 0 Å². The molecule has 0 unspecified atom stereocenters. The molecule has 0 spiro atoms. The highest BCUT2D eigenvalue weighted by Crippen LogP contribution is 2.46. The summed E-state index contributed by atoms with van der Waals surface area (Å²) in [6, 6.07) is 3.91. The van der Waals surface area contributed by atoms with E-state index in [0.29, 0.717) is 32.1 Å². The fourth-order valence-electron chi connectivity index (χ4n) is 2.89. The van der Waals surface area contributed by atoms with E-state index in [1.807, 2.05) is 4.90 Å². The zero-order chi connectivity index (χ0) is 21.4. The first-order chi connectivity index (χ1) is 14.3. The van der Waals surface area contributed by atoms with Gasteiger partial charge in [0, 0.05) is 30.2 Å². The first-order valence-electron chi connectivity index (χ1n) is 8.74. The summed E-state index contributed by atoms with van der Waals surface area (Å²) in [5.74, 6) is -3.38. The monoisotopic (exact) mass is 445 g/mol. The molecule has 1 fully saturated rings. The van der Waals surface area contributed by atoms with Crippen molar-refractivity contribution in [1.82, 2.24) is 15.3 Å². The summed E-state index contributed by atoms with van der Waals surface area (Å²) in [6.45, 7) is 2.20. The zero-order valence-electron chi connectivity index (χ0n) is 15.2. The predicted molar refractivity (Wildman–Crippen MR) is 98.7 cm³/mol. The summed E-state index contributed by atoms with van der Waals surface area (Å²) in [5.41, 5.74) is 0. The third-order valence-corrected chi connectivity index (χ3v) is 4.53. The van der Waals surface area contributed by atoms with Gasteiger partial charge < -0.3 is 19.1 Å². The van der Waals surface area contributed by atoms with E-state index in [1.54, 1.807) is 5.32 Å². The highest BCUT2D eigenvalue weighted by atomic mass is 35.5. The van der Waals surface area contributed by atoms with Gasteiger partial charge in [0.05, 0.1) is 13.2 Å². The molecular weight excluding hydrogens is 431 g/mol. The summed E-state index contributed by atoms with van der Waals surface area (Å²) < 4.78 is 56.2. The molecule has 0 saturated carbocycles. The van der Waals surface area contributed by atoms with Gasteiger partial charge in [-0.3, -0.25) is 10.6 Å². The molecule has 160 valence electrons. The Labute approximate surface area is 173 Å². The van der Waals surface area contributed by atoms with E-state index in [9.17, 15) is 18.0 Å². The van der Waals surface area contributed by atoms with E-state index in [1.165, 1.54) is 24.5 Å². The van der Waals surface area contributed by atoms with Crippen molar-refractivity contribution in [3.05, 3.63) is 35.6 Å². The molecule has 2 aromatic rings. The second-order valence-electron chi connectivity index (χ2n) is 6.35. The maximum absolute atomic E-state index is 13.7. The van der Waals surface area contributed by atoms with Crippen molar-refractivity contribution in [3.63, 3.8) is 0 Å². The number of hydrogen-bond donors (Lipinski definition) is 2. The second-order valence-corrected chi connectivity index (χ2v) is 6.79. The molecule has 3 heterocycles. The number of ether oxygens (including phenoxy) is 3. The van der Waals surface area contributed by atoms with Crippen LogP contribution in [0.1, 0.15) is 0 Å². The van der Waals surface area contributed by atoms with Crippen LogP contribution < -0.4 is 25.0 Å². The fourth-order valence-corrected chi connectivity index (χ4v) is 3.05. The van der Waals surface area contributed by atoms with Gasteiger partial charge in [-0.2, -0.15) is 13.2 Å². The van der Waals surface area contributed by atoms with Crippen LogP contribution >= 0.6 is 11.6 Å². The highest BCUT2D eigenvalue weighted by molar-refractivity contribution is 6.30. The van der Waals surface area contributed by atoms with Crippen molar-refractivity contribution in [1.29, 1.82) is 0 Å². The average Bonchev–Trinajstić information content (AvgIpc) is 3.07. The van der Waals surface area contributed by atoms with Crippen molar-refractivity contribution in [2.24, 2.45) is 0 Å². The number of anilines is 2. The van der Waals surface area contributed by atoms with Gasteiger partial charge in [-0.25, -0.2) is 14.8 Å². The lowest BCUT2D eigenvalue weighted by Gasteiger charge is -2.29. The maximum atomic E-state index is 13.7. The third kappa shape index (κ3) is 4.00. The second kappa shape index (κ2) is 7.69. The van der Waals surface area contributed by atoms with E-state index in [2.05, 4.69) is 15.3 Å². The van der Waals surface area contributed by atoms with Crippen LogP contribution in [0.5, 0.6) is 11.5 Å². The topological polar surface area (TPSA) is 97.8 Å². The summed E-state index contributed by atoms with van der Waals surface area (Å²) in [7, 11) is 0. The van der Waals surface area contributed by atoms with Crippen LogP contribution in [0.25, 0.3) is 0 Å². The lowest BCUT2D eigenvalue weighted by Crippen LogP contribution is -2.65. The standard InChI is InChI=1S/C17H15ClF3N5O4/c18-10-1-2-11-12(7-10)30-17(29-11,16(19,20)21)25-15(27)24-13-8-14(23-9-22-13)26-3-5-28-6-4-26/h1-2,7-9H,3-6H2,(H2,22,23,24,25,27)/t17-/m1/s1. The smallest absolute Gasteiger partial charge is 0.424 e. The molecule has 2 aliphatic heterocycles. The summed E-state index contributed by atoms with van der Waals surface area (Å²) in [6.07, 6.45) is -3.90. The number of benzene rings is 1. The van der Waals surface area contributed by atoms with E-state index in [-0.39, 0.29) is 22.3 Å². The van der Waals surface area contributed by atoms with Crippen molar-refractivity contribution < 1.29 is 32.2 Å². The molecule has 9 nitrogen and oxygen atoms in total. The van der Waals surface area contributed by atoms with Gasteiger partial charge in [0.1, 0.15) is 18.0 Å². The lowest BCUT2D eigenvalue weighted by atomic mass is 10.3. The molecule has 2 amide bonds. The number of aromatic nitrogens is 2. The number of alkyl halides is 3. The van der Waals surface area contributed by atoms with Gasteiger partial charge in [0.15, 0.2) is 11.5 Å². The number of halogens is 4. The Morgan fingerprint density at radius 3 is 2.60 bits per heavy atom. The summed E-state index contributed by atoms with van der Waals surface area (Å²) in [5, 5.41) is 4.08. The van der Waals surface area contributed by atoms with Gasteiger partial charge in [-0.15, -0.1) is 0 Å². The molecule has 1 aromatic carbocycles. The molecule has 2 aliphatic rings. The lowest BCUT2D eigenvalue weighted by molar-refractivity contribution is -0.317. The first kappa shape index (κ1) is 20.3. The normalized spacial score (nSPS) is 20.7. The van der Waals surface area contributed by atoms with Gasteiger partial charge in [0.25, 0.3) is 0 Å². The van der Waals surface area contributed by atoms with Crippen LogP contribution in [0.15, 0.2) is 30.6 Å². The molecule has 0 aliphatic carbocycles. The zero-order valence-corrected chi connectivity index (χ0v) is 16.0. The molecule has 1 saturated heterocycles. The summed E-state index contributed by atoms with van der Waals surface area (Å²) in [4.78, 5) is 22.2. The van der Waals surface area contributed by atoms with E-state index < -0.39 is 18.1 Å². The van der Waals surface area contributed by atoms with Gasteiger partial charge >= 0.3 is 18.1 Å². The molecule has 1 atom stereocenters. The number of amides is 2. The van der Waals surface area contributed by atoms with E-state index in [0.717, 1.165) is 6.07 Å². The Hall–Kier alpha value is -2.99. The minimum atomic E-state index is -5.10. The van der Waals surface area contributed by atoms with Crippen LogP contribution in [0.4, 0.5) is 29.6 Å². The number of hydrogen-bond acceptors (Lipinski definition) is 7. The first-order valence-corrected chi connectivity index (χ1v) is 9.12. The number of carbonyl (C=O) groups is 1. The maximum Gasteiger partial charge on any atom is 0.492 e. The van der Waals surface area contributed by atoms with Crippen LogP contribution in [0.2, 0.25) is 5.02 Å². The number of fused-ring (bicyclic) bond motifs is 1. The molecule has 0 bridgehead atoms. The number of carbonyl (C=O) groups excluding carboxylic acids is 1. The number of rotatable bonds is 3. The minimum Gasteiger partial charge on any atom is -0.424 e. The molecular formula is C17H15ClF3N5O4. The van der Waals surface area contributed by atoms with Crippen molar-refractivity contribution in [2.75, 3.05) is 36.5 Å². The third-order valence-electron chi connectivity index (χ3n) is 4.29. The number of urea groups is 1. The Balaban J connectivity index is 1.49. The number of morpholine rings is 1. The van der Waals surface area contributed by atoms with Crippen LogP contribution in [0, 0.1) is 0 Å². The van der Waals surface area contributed by atoms with Gasteiger partial charge in [-0.05, 0) is 12.1 Å². The van der Waals surface area contributed by atoms with Crippen molar-refractivity contribution in [2.45, 2.75) is 12.1 Å². The van der Waals surface area contributed by atoms with Crippen molar-refractivity contribution in [3.8, 4) is 11.5 Å². The molecule has 30 heavy (non-hydrogen) atoms. The quantitative estimate of drug-likeness (QED) is 0.749. The Morgan fingerprint density at radius 1 is 1.13 bits per heavy atom. The molecule has 13 heteroatoms. The average molecular weight is 446 g/mol. The highest BCUT2D eigenvalue weighted by Gasteiger charge is 2.65. The van der Waals surface area contributed by atoms with Gasteiger partial charge in [0.2, 0.25) is 0 Å². The van der Waals surface area contributed by atoms with E-state index in [4.69, 9.17) is 25.8 Å². The van der Waals surface area contributed by atoms with Gasteiger partial charge in [-0.1, -0.05) is 11.6 Å². The molecule has 1 aromatic heterocycles. The number of nitrogens with one attached hydrogen (secondary N) is 2. The SMILES string of the molecule is O=C(Nc1cc(N2CCOCC2)ncn1)N[C@]1(C(F)(F)F)Oc2ccc(Cl)cc2O1. The van der Waals surface area contributed by atoms with Crippen molar-refractivity contribution >= 4 is 29.3 Å². The minimum absolute atomic E-state index is 0.000119. The summed E-state index contributed by atoms with van der Waals surface area (Å²) >= 11 is 5.78. The Bertz CT molecular complexity index is 957.